The first-order chi connectivity index (χ1) is 4.86. The van der Waals surface area contributed by atoms with E-state index in [1.807, 2.05) is 0 Å². The summed E-state index contributed by atoms with van der Waals surface area (Å²) < 4.78 is 0. The highest BCUT2D eigenvalue weighted by Crippen LogP contribution is 2.31. The van der Waals surface area contributed by atoms with Crippen LogP contribution >= 0.6 is 11.8 Å². The second-order valence-electron chi connectivity index (χ2n) is 3.53. The van der Waals surface area contributed by atoms with E-state index in [1.165, 1.54) is 24.3 Å². The van der Waals surface area contributed by atoms with Gasteiger partial charge in [0.2, 0.25) is 0 Å². The Balaban J connectivity index is 1.97. The van der Waals surface area contributed by atoms with Crippen molar-refractivity contribution in [2.24, 2.45) is 5.92 Å². The maximum absolute atomic E-state index is 3.63. The zero-order valence-corrected chi connectivity index (χ0v) is 7.29. The monoisotopic (exact) mass is 157 g/mol. The van der Waals surface area contributed by atoms with E-state index in [4.69, 9.17) is 0 Å². The molecule has 2 heteroatoms. The molecule has 0 radical (unpaired) electrons. The number of rotatable bonds is 0. The van der Waals surface area contributed by atoms with E-state index in [1.54, 1.807) is 0 Å². The van der Waals surface area contributed by atoms with Gasteiger partial charge < -0.3 is 5.32 Å². The van der Waals surface area contributed by atoms with Gasteiger partial charge in [-0.05, 0) is 31.4 Å². The Morgan fingerprint density at radius 2 is 2.40 bits per heavy atom. The molecule has 3 atom stereocenters. The van der Waals surface area contributed by atoms with Crippen molar-refractivity contribution in [1.29, 1.82) is 0 Å². The van der Waals surface area contributed by atoms with Gasteiger partial charge in [0, 0.05) is 17.8 Å². The molecule has 2 fully saturated rings. The predicted octanol–water partition coefficient (Wildman–Crippen LogP) is 1.49. The van der Waals surface area contributed by atoms with Crippen molar-refractivity contribution in [3.63, 3.8) is 0 Å². The smallest absolute Gasteiger partial charge is 0.0189 e. The van der Waals surface area contributed by atoms with Crippen molar-refractivity contribution in [1.82, 2.24) is 5.32 Å². The first-order valence-electron chi connectivity index (χ1n) is 4.20. The summed E-state index contributed by atoms with van der Waals surface area (Å²) in [5.41, 5.74) is 0. The van der Waals surface area contributed by atoms with E-state index in [2.05, 4.69) is 24.0 Å². The van der Waals surface area contributed by atoms with Crippen molar-refractivity contribution in [2.75, 3.05) is 11.5 Å². The third-order valence-corrected chi connectivity index (χ3v) is 3.77. The normalized spacial score (nSPS) is 47.1. The van der Waals surface area contributed by atoms with Gasteiger partial charge in [-0.1, -0.05) is 0 Å². The molecule has 0 aliphatic carbocycles. The fourth-order valence-electron chi connectivity index (χ4n) is 2.14. The Bertz CT molecular complexity index is 112. The van der Waals surface area contributed by atoms with Crippen LogP contribution in [0.15, 0.2) is 0 Å². The van der Waals surface area contributed by atoms with Gasteiger partial charge in [0.15, 0.2) is 0 Å². The highest BCUT2D eigenvalue weighted by atomic mass is 32.2. The van der Waals surface area contributed by atoms with Gasteiger partial charge in [-0.2, -0.15) is 11.8 Å². The molecule has 2 rings (SSSR count). The van der Waals surface area contributed by atoms with Gasteiger partial charge in [-0.25, -0.2) is 0 Å². The Kier molecular flexibility index (Phi) is 1.92. The fraction of sp³-hybridized carbons (Fsp3) is 1.00. The molecule has 10 heavy (non-hydrogen) atoms. The van der Waals surface area contributed by atoms with Gasteiger partial charge in [0.05, 0.1) is 0 Å². The second kappa shape index (κ2) is 2.74. The molecule has 2 aliphatic heterocycles. The van der Waals surface area contributed by atoms with E-state index in [-0.39, 0.29) is 0 Å². The lowest BCUT2D eigenvalue weighted by Crippen LogP contribution is -2.34. The van der Waals surface area contributed by atoms with Gasteiger partial charge in [-0.3, -0.25) is 0 Å². The van der Waals surface area contributed by atoms with Gasteiger partial charge in [0.25, 0.3) is 0 Å². The quantitative estimate of drug-likeness (QED) is 0.572. The van der Waals surface area contributed by atoms with Crippen LogP contribution in [-0.4, -0.2) is 23.6 Å². The first-order valence-corrected chi connectivity index (χ1v) is 5.35. The summed E-state index contributed by atoms with van der Waals surface area (Å²) in [6.45, 7) is 2.31. The highest BCUT2D eigenvalue weighted by molar-refractivity contribution is 7.99. The van der Waals surface area contributed by atoms with E-state index >= 15 is 0 Å². The zero-order valence-electron chi connectivity index (χ0n) is 6.47. The molecule has 0 aromatic rings. The summed E-state index contributed by atoms with van der Waals surface area (Å²) >= 11 is 2.11. The average Bonchev–Trinajstić information content (AvgIpc) is 2.27. The molecular formula is C8H15NS. The second-order valence-corrected chi connectivity index (χ2v) is 4.68. The third kappa shape index (κ3) is 1.19. The Hall–Kier alpha value is 0.310. The minimum absolute atomic E-state index is 0.786. The van der Waals surface area contributed by atoms with E-state index < -0.39 is 0 Å². The van der Waals surface area contributed by atoms with Gasteiger partial charge >= 0.3 is 0 Å². The van der Waals surface area contributed by atoms with Crippen molar-refractivity contribution in [3.8, 4) is 0 Å². The highest BCUT2D eigenvalue weighted by Gasteiger charge is 2.32. The number of fused-ring (bicyclic) bond motifs is 1. The van der Waals surface area contributed by atoms with E-state index in [9.17, 15) is 0 Å². The molecule has 0 saturated carbocycles. The topological polar surface area (TPSA) is 12.0 Å². The predicted molar refractivity (Wildman–Crippen MR) is 46.4 cm³/mol. The van der Waals surface area contributed by atoms with Crippen molar-refractivity contribution >= 4 is 11.8 Å². The molecule has 3 unspecified atom stereocenters. The summed E-state index contributed by atoms with van der Waals surface area (Å²) in [6.07, 6.45) is 2.87. The summed E-state index contributed by atoms with van der Waals surface area (Å²) in [5, 5.41) is 3.63. The molecule has 0 aromatic heterocycles. The zero-order chi connectivity index (χ0) is 6.97. The molecule has 0 amide bonds. The Morgan fingerprint density at radius 3 is 3.20 bits per heavy atom. The van der Waals surface area contributed by atoms with Crippen LogP contribution in [0.3, 0.4) is 0 Å². The van der Waals surface area contributed by atoms with Crippen LogP contribution < -0.4 is 5.32 Å². The van der Waals surface area contributed by atoms with Crippen LogP contribution in [0, 0.1) is 5.92 Å². The lowest BCUT2D eigenvalue weighted by molar-refractivity contribution is 0.460. The molecule has 2 saturated heterocycles. The van der Waals surface area contributed by atoms with Crippen molar-refractivity contribution < 1.29 is 0 Å². The summed E-state index contributed by atoms with van der Waals surface area (Å²) in [6, 6.07) is 1.64. The Morgan fingerprint density at radius 1 is 1.50 bits per heavy atom. The molecular weight excluding hydrogens is 142 g/mol. The summed E-state index contributed by atoms with van der Waals surface area (Å²) in [5.74, 6) is 3.76. The maximum atomic E-state index is 3.63. The molecule has 0 aromatic carbocycles. The minimum atomic E-state index is 0.786. The number of thioether (sulfide) groups is 1. The van der Waals surface area contributed by atoms with Crippen molar-refractivity contribution in [2.45, 2.75) is 31.8 Å². The third-order valence-electron chi connectivity index (χ3n) is 2.65. The minimum Gasteiger partial charge on any atom is -0.310 e. The number of hydrogen-bond donors (Lipinski definition) is 1. The molecule has 0 bridgehead atoms. The summed E-state index contributed by atoms with van der Waals surface area (Å²) in [4.78, 5) is 0. The molecule has 2 aliphatic rings. The number of nitrogens with one attached hydrogen (secondary N) is 1. The lowest BCUT2D eigenvalue weighted by Gasteiger charge is -2.23. The van der Waals surface area contributed by atoms with Crippen LogP contribution in [-0.2, 0) is 0 Å². The lowest BCUT2D eigenvalue weighted by atomic mass is 9.97. The molecule has 0 spiro atoms. The van der Waals surface area contributed by atoms with E-state index in [0.29, 0.717) is 0 Å². The molecule has 2 heterocycles. The SMILES string of the molecule is CC1CC2CCSCC2N1. The van der Waals surface area contributed by atoms with Crippen LogP contribution in [0.5, 0.6) is 0 Å². The van der Waals surface area contributed by atoms with Crippen molar-refractivity contribution in [3.05, 3.63) is 0 Å². The van der Waals surface area contributed by atoms with Crippen LogP contribution in [0.4, 0.5) is 0 Å². The first kappa shape index (κ1) is 6.99. The molecule has 58 valence electrons. The standard InChI is InChI=1S/C8H15NS/c1-6-4-7-2-3-10-5-8(7)9-6/h6-9H,2-5H2,1H3. The largest absolute Gasteiger partial charge is 0.310 e. The average molecular weight is 157 g/mol. The maximum Gasteiger partial charge on any atom is 0.0189 e. The van der Waals surface area contributed by atoms with Gasteiger partial charge in [0.1, 0.15) is 0 Å². The fourth-order valence-corrected chi connectivity index (χ4v) is 3.39. The summed E-state index contributed by atoms with van der Waals surface area (Å²) in [7, 11) is 0. The van der Waals surface area contributed by atoms with Gasteiger partial charge in [-0.15, -0.1) is 0 Å². The van der Waals surface area contributed by atoms with Crippen LogP contribution in [0.1, 0.15) is 19.8 Å². The Labute approximate surface area is 67.0 Å². The molecule has 1 nitrogen and oxygen atoms in total. The van der Waals surface area contributed by atoms with E-state index in [0.717, 1.165) is 18.0 Å². The van der Waals surface area contributed by atoms with Crippen LogP contribution in [0.2, 0.25) is 0 Å². The number of hydrogen-bond acceptors (Lipinski definition) is 2. The van der Waals surface area contributed by atoms with Crippen LogP contribution in [0.25, 0.3) is 0 Å². The molecule has 1 N–H and O–H groups in total.